The molecule has 0 unspecified atom stereocenters. The van der Waals surface area contributed by atoms with Crippen LogP contribution in [0.4, 0.5) is 0 Å². The van der Waals surface area contributed by atoms with Crippen molar-refractivity contribution in [1.82, 2.24) is 9.88 Å². The number of rotatable bonds is 5. The van der Waals surface area contributed by atoms with Crippen molar-refractivity contribution in [3.8, 4) is 5.75 Å². The van der Waals surface area contributed by atoms with E-state index in [-0.39, 0.29) is 5.91 Å². The topological polar surface area (TPSA) is 42.4 Å². The standard InChI is InChI=1S/C21H21ClN2O2/c1-14-10-15(2)12-18(11-14)26-9-8-24(3)21(25)17-4-6-19-16(13-17)5-7-20(22)23-19/h4-7,10-13H,8-9H2,1-3H3. The molecule has 0 aliphatic rings. The van der Waals surface area contributed by atoms with E-state index in [1.54, 1.807) is 24.1 Å². The quantitative estimate of drug-likeness (QED) is 0.615. The van der Waals surface area contributed by atoms with Gasteiger partial charge in [0.05, 0.1) is 12.1 Å². The van der Waals surface area contributed by atoms with Crippen LogP contribution in [0.2, 0.25) is 5.15 Å². The van der Waals surface area contributed by atoms with E-state index in [1.807, 2.05) is 44.2 Å². The van der Waals surface area contributed by atoms with Crippen molar-refractivity contribution in [2.24, 2.45) is 0 Å². The lowest BCUT2D eigenvalue weighted by Gasteiger charge is -2.18. The summed E-state index contributed by atoms with van der Waals surface area (Å²) in [6.07, 6.45) is 0. The second-order valence-corrected chi connectivity index (χ2v) is 6.83. The molecule has 3 rings (SSSR count). The zero-order valence-corrected chi connectivity index (χ0v) is 15.9. The van der Waals surface area contributed by atoms with E-state index in [0.29, 0.717) is 23.9 Å². The predicted octanol–water partition coefficient (Wildman–Crippen LogP) is 4.66. The fourth-order valence-electron chi connectivity index (χ4n) is 2.87. The van der Waals surface area contributed by atoms with E-state index in [9.17, 15) is 4.79 Å². The van der Waals surface area contributed by atoms with Crippen molar-refractivity contribution in [3.63, 3.8) is 0 Å². The molecule has 1 amide bonds. The molecule has 0 fully saturated rings. The number of benzene rings is 2. The number of fused-ring (bicyclic) bond motifs is 1. The highest BCUT2D eigenvalue weighted by Gasteiger charge is 2.12. The maximum Gasteiger partial charge on any atom is 0.253 e. The first kappa shape index (κ1) is 18.2. The van der Waals surface area contributed by atoms with Gasteiger partial charge in [-0.05, 0) is 67.4 Å². The molecular weight excluding hydrogens is 348 g/mol. The lowest BCUT2D eigenvalue weighted by molar-refractivity contribution is 0.0774. The molecule has 1 heterocycles. The van der Waals surface area contributed by atoms with Gasteiger partial charge in [0.2, 0.25) is 0 Å². The minimum Gasteiger partial charge on any atom is -0.492 e. The van der Waals surface area contributed by atoms with Crippen LogP contribution in [-0.4, -0.2) is 36.0 Å². The molecule has 26 heavy (non-hydrogen) atoms. The molecule has 4 nitrogen and oxygen atoms in total. The summed E-state index contributed by atoms with van der Waals surface area (Å²) in [6.45, 7) is 5.02. The highest BCUT2D eigenvalue weighted by molar-refractivity contribution is 6.29. The number of aryl methyl sites for hydroxylation is 2. The van der Waals surface area contributed by atoms with Crippen molar-refractivity contribution in [1.29, 1.82) is 0 Å². The minimum absolute atomic E-state index is 0.0501. The smallest absolute Gasteiger partial charge is 0.253 e. The third-order valence-corrected chi connectivity index (χ3v) is 4.35. The molecule has 0 aliphatic heterocycles. The second kappa shape index (κ2) is 7.75. The number of hydrogen-bond acceptors (Lipinski definition) is 3. The number of likely N-dealkylation sites (N-methyl/N-ethyl adjacent to an activating group) is 1. The summed E-state index contributed by atoms with van der Waals surface area (Å²) in [4.78, 5) is 18.5. The Morgan fingerprint density at radius 3 is 2.54 bits per heavy atom. The number of carbonyl (C=O) groups excluding carboxylic acids is 1. The molecule has 0 bridgehead atoms. The van der Waals surface area contributed by atoms with Gasteiger partial charge >= 0.3 is 0 Å². The van der Waals surface area contributed by atoms with Crippen LogP contribution in [0, 0.1) is 13.8 Å². The first-order valence-electron chi connectivity index (χ1n) is 8.45. The van der Waals surface area contributed by atoms with Gasteiger partial charge in [-0.15, -0.1) is 0 Å². The highest BCUT2D eigenvalue weighted by Crippen LogP contribution is 2.18. The Labute approximate surface area is 158 Å². The number of halogens is 1. The lowest BCUT2D eigenvalue weighted by atomic mass is 10.1. The van der Waals surface area contributed by atoms with Gasteiger partial charge in [-0.3, -0.25) is 4.79 Å². The van der Waals surface area contributed by atoms with Crippen LogP contribution in [-0.2, 0) is 0 Å². The van der Waals surface area contributed by atoms with Crippen molar-refractivity contribution in [3.05, 3.63) is 70.4 Å². The average Bonchev–Trinajstić information content (AvgIpc) is 2.59. The lowest BCUT2D eigenvalue weighted by Crippen LogP contribution is -2.30. The van der Waals surface area contributed by atoms with Crippen LogP contribution in [0.5, 0.6) is 5.75 Å². The zero-order chi connectivity index (χ0) is 18.7. The molecule has 0 atom stereocenters. The predicted molar refractivity (Wildman–Crippen MR) is 105 cm³/mol. The monoisotopic (exact) mass is 368 g/mol. The van der Waals surface area contributed by atoms with Gasteiger partial charge in [0, 0.05) is 18.0 Å². The molecule has 3 aromatic rings. The minimum atomic E-state index is -0.0501. The number of ether oxygens (including phenoxy) is 1. The second-order valence-electron chi connectivity index (χ2n) is 6.44. The number of carbonyl (C=O) groups is 1. The Morgan fingerprint density at radius 1 is 1.08 bits per heavy atom. The Morgan fingerprint density at radius 2 is 1.81 bits per heavy atom. The molecule has 0 N–H and O–H groups in total. The van der Waals surface area contributed by atoms with E-state index < -0.39 is 0 Å². The number of aromatic nitrogens is 1. The van der Waals surface area contributed by atoms with Gasteiger partial charge < -0.3 is 9.64 Å². The fraction of sp³-hybridized carbons (Fsp3) is 0.238. The average molecular weight is 369 g/mol. The van der Waals surface area contributed by atoms with E-state index in [4.69, 9.17) is 16.3 Å². The van der Waals surface area contributed by atoms with E-state index >= 15 is 0 Å². The van der Waals surface area contributed by atoms with Gasteiger partial charge in [0.1, 0.15) is 17.5 Å². The molecule has 2 aromatic carbocycles. The Balaban J connectivity index is 1.63. The SMILES string of the molecule is Cc1cc(C)cc(OCCN(C)C(=O)c2ccc3nc(Cl)ccc3c2)c1. The Bertz CT molecular complexity index is 936. The summed E-state index contributed by atoms with van der Waals surface area (Å²) in [5, 5.41) is 1.33. The van der Waals surface area contributed by atoms with Gasteiger partial charge in [-0.25, -0.2) is 4.98 Å². The Hall–Kier alpha value is -2.59. The summed E-state index contributed by atoms with van der Waals surface area (Å²) in [5.74, 6) is 0.780. The summed E-state index contributed by atoms with van der Waals surface area (Å²) >= 11 is 5.90. The maximum atomic E-state index is 12.6. The van der Waals surface area contributed by atoms with Crippen molar-refractivity contribution in [2.45, 2.75) is 13.8 Å². The molecular formula is C21H21ClN2O2. The van der Waals surface area contributed by atoms with Crippen molar-refractivity contribution in [2.75, 3.05) is 20.2 Å². The number of nitrogens with zero attached hydrogens (tertiary/aromatic N) is 2. The highest BCUT2D eigenvalue weighted by atomic mass is 35.5. The van der Waals surface area contributed by atoms with Crippen LogP contribution < -0.4 is 4.74 Å². The molecule has 0 radical (unpaired) electrons. The van der Waals surface area contributed by atoms with E-state index in [2.05, 4.69) is 11.1 Å². The van der Waals surface area contributed by atoms with Gasteiger partial charge in [0.25, 0.3) is 5.91 Å². The maximum absolute atomic E-state index is 12.6. The molecule has 0 saturated carbocycles. The summed E-state index contributed by atoms with van der Waals surface area (Å²) in [7, 11) is 1.78. The summed E-state index contributed by atoms with van der Waals surface area (Å²) in [5.41, 5.74) is 3.72. The molecule has 0 aliphatic carbocycles. The van der Waals surface area contributed by atoms with Gasteiger partial charge in [0.15, 0.2) is 0 Å². The first-order chi connectivity index (χ1) is 12.4. The normalized spacial score (nSPS) is 10.8. The van der Waals surface area contributed by atoms with Crippen LogP contribution >= 0.6 is 11.6 Å². The van der Waals surface area contributed by atoms with E-state index in [1.165, 1.54) is 0 Å². The van der Waals surface area contributed by atoms with Crippen molar-refractivity contribution < 1.29 is 9.53 Å². The first-order valence-corrected chi connectivity index (χ1v) is 8.83. The third-order valence-electron chi connectivity index (χ3n) is 4.14. The summed E-state index contributed by atoms with van der Waals surface area (Å²) in [6, 6.07) is 15.1. The van der Waals surface area contributed by atoms with Crippen molar-refractivity contribution >= 4 is 28.4 Å². The molecule has 0 saturated heterocycles. The zero-order valence-electron chi connectivity index (χ0n) is 15.1. The number of hydrogen-bond donors (Lipinski definition) is 0. The number of pyridine rings is 1. The third kappa shape index (κ3) is 4.33. The fourth-order valence-corrected chi connectivity index (χ4v) is 3.03. The molecule has 5 heteroatoms. The molecule has 134 valence electrons. The van der Waals surface area contributed by atoms with Crippen LogP contribution in [0.25, 0.3) is 10.9 Å². The molecule has 1 aromatic heterocycles. The molecule has 0 spiro atoms. The van der Waals surface area contributed by atoms with Crippen LogP contribution in [0.1, 0.15) is 21.5 Å². The Kier molecular flexibility index (Phi) is 5.43. The van der Waals surface area contributed by atoms with Gasteiger partial charge in [-0.2, -0.15) is 0 Å². The summed E-state index contributed by atoms with van der Waals surface area (Å²) < 4.78 is 5.79. The van der Waals surface area contributed by atoms with Crippen LogP contribution in [0.15, 0.2) is 48.5 Å². The van der Waals surface area contributed by atoms with Gasteiger partial charge in [-0.1, -0.05) is 17.7 Å². The largest absolute Gasteiger partial charge is 0.492 e. The van der Waals surface area contributed by atoms with Crippen LogP contribution in [0.3, 0.4) is 0 Å². The number of amides is 1. The van der Waals surface area contributed by atoms with E-state index in [0.717, 1.165) is 27.8 Å².